The lowest BCUT2D eigenvalue weighted by atomic mass is 10.0. The van der Waals surface area contributed by atoms with E-state index in [1.807, 2.05) is 35.2 Å². The van der Waals surface area contributed by atoms with Crippen LogP contribution in [0, 0.1) is 5.92 Å². The van der Waals surface area contributed by atoms with Crippen LogP contribution in [0.2, 0.25) is 0 Å². The van der Waals surface area contributed by atoms with Gasteiger partial charge in [-0.2, -0.15) is 5.10 Å². The van der Waals surface area contributed by atoms with Gasteiger partial charge in [-0.15, -0.1) is 0 Å². The standard InChI is InChI=1S/C18H19N5O2/c24-18(17-15-3-1-2-4-16(15)21-22-17)23-7-8-25-11-13(10-23)9-14-5-6-19-12-20-14/h1-6,12-13H,7-11H2,(H,21,22)/t13-/m0/s1. The number of aromatic nitrogens is 4. The molecule has 2 aromatic heterocycles. The Hall–Kier alpha value is -2.80. The number of rotatable bonds is 3. The number of hydrogen-bond acceptors (Lipinski definition) is 5. The van der Waals surface area contributed by atoms with Crippen LogP contribution in [0.1, 0.15) is 16.2 Å². The molecule has 4 rings (SSSR count). The molecule has 0 spiro atoms. The summed E-state index contributed by atoms with van der Waals surface area (Å²) in [6.07, 6.45) is 4.04. The first-order valence-corrected chi connectivity index (χ1v) is 8.36. The van der Waals surface area contributed by atoms with Crippen molar-refractivity contribution in [2.75, 3.05) is 26.3 Å². The quantitative estimate of drug-likeness (QED) is 0.786. The van der Waals surface area contributed by atoms with Crippen molar-refractivity contribution in [3.8, 4) is 0 Å². The Labute approximate surface area is 145 Å². The first-order valence-electron chi connectivity index (χ1n) is 8.36. The molecule has 1 aliphatic heterocycles. The van der Waals surface area contributed by atoms with Gasteiger partial charge in [-0.05, 0) is 18.6 Å². The molecule has 0 bridgehead atoms. The number of nitrogens with one attached hydrogen (secondary N) is 1. The molecule has 0 radical (unpaired) electrons. The molecule has 1 aromatic carbocycles. The smallest absolute Gasteiger partial charge is 0.275 e. The molecule has 1 atom stereocenters. The summed E-state index contributed by atoms with van der Waals surface area (Å²) in [6, 6.07) is 9.57. The zero-order valence-corrected chi connectivity index (χ0v) is 13.8. The first kappa shape index (κ1) is 15.7. The summed E-state index contributed by atoms with van der Waals surface area (Å²) >= 11 is 0. The molecule has 3 heterocycles. The highest BCUT2D eigenvalue weighted by Gasteiger charge is 2.26. The summed E-state index contributed by atoms with van der Waals surface area (Å²) in [4.78, 5) is 23.0. The average Bonchev–Trinajstić information content (AvgIpc) is 2.94. The second-order valence-electron chi connectivity index (χ2n) is 6.21. The molecule has 3 aromatic rings. The third-order valence-corrected chi connectivity index (χ3v) is 4.44. The fourth-order valence-corrected chi connectivity index (χ4v) is 3.20. The minimum absolute atomic E-state index is 0.0596. The van der Waals surface area contributed by atoms with Gasteiger partial charge in [0.1, 0.15) is 6.33 Å². The molecule has 7 heteroatoms. The van der Waals surface area contributed by atoms with Crippen molar-refractivity contribution in [1.82, 2.24) is 25.1 Å². The van der Waals surface area contributed by atoms with Crippen molar-refractivity contribution >= 4 is 16.8 Å². The zero-order valence-electron chi connectivity index (χ0n) is 13.8. The molecule has 1 aliphatic rings. The average molecular weight is 337 g/mol. The molecule has 25 heavy (non-hydrogen) atoms. The molecule has 1 saturated heterocycles. The van der Waals surface area contributed by atoms with E-state index in [1.165, 1.54) is 0 Å². The monoisotopic (exact) mass is 337 g/mol. The van der Waals surface area contributed by atoms with Gasteiger partial charge in [-0.3, -0.25) is 9.89 Å². The van der Waals surface area contributed by atoms with E-state index >= 15 is 0 Å². The Balaban J connectivity index is 1.53. The summed E-state index contributed by atoms with van der Waals surface area (Å²) in [5, 5.41) is 8.01. The molecular weight excluding hydrogens is 318 g/mol. The van der Waals surface area contributed by atoms with Crippen molar-refractivity contribution in [3.05, 3.63) is 54.2 Å². The minimum atomic E-state index is -0.0596. The number of benzene rings is 1. The Morgan fingerprint density at radius 1 is 1.32 bits per heavy atom. The van der Waals surface area contributed by atoms with Gasteiger partial charge in [0.05, 0.1) is 18.7 Å². The van der Waals surface area contributed by atoms with E-state index in [9.17, 15) is 4.79 Å². The van der Waals surface area contributed by atoms with Gasteiger partial charge >= 0.3 is 0 Å². The Bertz CT molecular complexity index is 864. The number of aromatic amines is 1. The molecule has 1 amide bonds. The van der Waals surface area contributed by atoms with Gasteiger partial charge in [-0.1, -0.05) is 18.2 Å². The van der Waals surface area contributed by atoms with E-state index in [0.717, 1.165) is 23.0 Å². The van der Waals surface area contributed by atoms with Crippen molar-refractivity contribution < 1.29 is 9.53 Å². The predicted molar refractivity (Wildman–Crippen MR) is 92.0 cm³/mol. The van der Waals surface area contributed by atoms with Crippen LogP contribution in [0.4, 0.5) is 0 Å². The maximum atomic E-state index is 13.0. The maximum absolute atomic E-state index is 13.0. The number of carbonyl (C=O) groups is 1. The van der Waals surface area contributed by atoms with Gasteiger partial charge < -0.3 is 9.64 Å². The lowest BCUT2D eigenvalue weighted by Crippen LogP contribution is -2.36. The summed E-state index contributed by atoms with van der Waals surface area (Å²) < 4.78 is 5.70. The molecule has 1 fully saturated rings. The SMILES string of the molecule is O=C(c1n[nH]c2ccccc12)N1CCOC[C@@H](Cc2ccncn2)C1. The molecule has 128 valence electrons. The molecule has 0 aliphatic carbocycles. The Morgan fingerprint density at radius 3 is 3.12 bits per heavy atom. The fraction of sp³-hybridized carbons (Fsp3) is 0.333. The fourth-order valence-electron chi connectivity index (χ4n) is 3.20. The highest BCUT2D eigenvalue weighted by atomic mass is 16.5. The lowest BCUT2D eigenvalue weighted by Gasteiger charge is -2.22. The number of para-hydroxylation sites is 1. The van der Waals surface area contributed by atoms with Crippen molar-refractivity contribution in [2.24, 2.45) is 5.92 Å². The van der Waals surface area contributed by atoms with Crippen molar-refractivity contribution in [2.45, 2.75) is 6.42 Å². The van der Waals surface area contributed by atoms with Crippen LogP contribution in [0.15, 0.2) is 42.9 Å². The largest absolute Gasteiger partial charge is 0.379 e. The molecule has 0 saturated carbocycles. The second kappa shape index (κ2) is 6.98. The van der Waals surface area contributed by atoms with Gasteiger partial charge in [-0.25, -0.2) is 9.97 Å². The predicted octanol–water partition coefficient (Wildman–Crippen LogP) is 1.68. The number of amides is 1. The third-order valence-electron chi connectivity index (χ3n) is 4.44. The zero-order chi connectivity index (χ0) is 17.1. The summed E-state index contributed by atoms with van der Waals surface area (Å²) in [5.41, 5.74) is 2.30. The van der Waals surface area contributed by atoms with E-state index in [-0.39, 0.29) is 11.8 Å². The molecule has 0 unspecified atom stereocenters. The number of ether oxygens (including phenoxy) is 1. The van der Waals surface area contributed by atoms with Gasteiger partial charge in [0.15, 0.2) is 5.69 Å². The van der Waals surface area contributed by atoms with E-state index in [2.05, 4.69) is 20.2 Å². The van der Waals surface area contributed by atoms with Gasteiger partial charge in [0, 0.05) is 36.3 Å². The third kappa shape index (κ3) is 3.36. The number of carbonyl (C=O) groups excluding carboxylic acids is 1. The highest BCUT2D eigenvalue weighted by molar-refractivity contribution is 6.04. The van der Waals surface area contributed by atoms with E-state index in [0.29, 0.717) is 32.0 Å². The molecule has 1 N–H and O–H groups in total. The Morgan fingerprint density at radius 2 is 2.24 bits per heavy atom. The minimum Gasteiger partial charge on any atom is -0.379 e. The van der Waals surface area contributed by atoms with Crippen LogP contribution < -0.4 is 0 Å². The maximum Gasteiger partial charge on any atom is 0.275 e. The first-order chi connectivity index (χ1) is 12.3. The van der Waals surface area contributed by atoms with E-state index in [4.69, 9.17) is 4.74 Å². The number of H-pyrrole nitrogens is 1. The van der Waals surface area contributed by atoms with Crippen LogP contribution >= 0.6 is 0 Å². The normalized spacial score (nSPS) is 18.2. The highest BCUT2D eigenvalue weighted by Crippen LogP contribution is 2.19. The summed E-state index contributed by atoms with van der Waals surface area (Å²) in [6.45, 7) is 2.35. The summed E-state index contributed by atoms with van der Waals surface area (Å²) in [5.74, 6) is 0.141. The van der Waals surface area contributed by atoms with Gasteiger partial charge in [0.25, 0.3) is 5.91 Å². The van der Waals surface area contributed by atoms with Crippen LogP contribution in [0.5, 0.6) is 0 Å². The van der Waals surface area contributed by atoms with Crippen molar-refractivity contribution in [1.29, 1.82) is 0 Å². The molecular formula is C18H19N5O2. The number of fused-ring (bicyclic) bond motifs is 1. The van der Waals surface area contributed by atoms with Crippen LogP contribution in [-0.2, 0) is 11.2 Å². The Kier molecular flexibility index (Phi) is 4.39. The van der Waals surface area contributed by atoms with Crippen LogP contribution in [0.3, 0.4) is 0 Å². The number of hydrogen-bond donors (Lipinski definition) is 1. The topological polar surface area (TPSA) is 84.0 Å². The van der Waals surface area contributed by atoms with Crippen molar-refractivity contribution in [3.63, 3.8) is 0 Å². The molecule has 7 nitrogen and oxygen atoms in total. The van der Waals surface area contributed by atoms with E-state index < -0.39 is 0 Å². The van der Waals surface area contributed by atoms with Crippen LogP contribution in [0.25, 0.3) is 10.9 Å². The lowest BCUT2D eigenvalue weighted by molar-refractivity contribution is 0.0733. The summed E-state index contributed by atoms with van der Waals surface area (Å²) in [7, 11) is 0. The second-order valence-corrected chi connectivity index (χ2v) is 6.21. The van der Waals surface area contributed by atoms with Crippen LogP contribution in [-0.4, -0.2) is 57.3 Å². The number of nitrogens with zero attached hydrogens (tertiary/aromatic N) is 4. The van der Waals surface area contributed by atoms with Gasteiger partial charge in [0.2, 0.25) is 0 Å². The van der Waals surface area contributed by atoms with E-state index in [1.54, 1.807) is 12.5 Å².